The first kappa shape index (κ1) is 19.6. The summed E-state index contributed by atoms with van der Waals surface area (Å²) >= 11 is 3.45. The van der Waals surface area contributed by atoms with Crippen LogP contribution >= 0.6 is 15.9 Å². The van der Waals surface area contributed by atoms with E-state index in [1.54, 1.807) is 6.20 Å². The van der Waals surface area contributed by atoms with Crippen molar-refractivity contribution < 1.29 is 5.11 Å². The zero-order valence-corrected chi connectivity index (χ0v) is 16.5. The maximum Gasteiger partial charge on any atom is 0.229 e. The van der Waals surface area contributed by atoms with Crippen LogP contribution < -0.4 is 16.0 Å². The van der Waals surface area contributed by atoms with E-state index in [-0.39, 0.29) is 12.6 Å². The van der Waals surface area contributed by atoms with Gasteiger partial charge in [-0.2, -0.15) is 4.98 Å². The summed E-state index contributed by atoms with van der Waals surface area (Å²) in [5.74, 6) is 1.18. The van der Waals surface area contributed by atoms with Gasteiger partial charge >= 0.3 is 0 Å². The molecule has 6 nitrogen and oxygen atoms in total. The van der Waals surface area contributed by atoms with Gasteiger partial charge in [0, 0.05) is 18.4 Å². The SMILES string of the molecule is CCNCc1cc(Nc2ncc(Br)c(NC(CC)CO)n2)ccc1C. The molecule has 0 aliphatic carbocycles. The first-order valence-electron chi connectivity index (χ1n) is 8.54. The highest BCUT2D eigenvalue weighted by atomic mass is 79.9. The number of aryl methyl sites for hydroxylation is 1. The van der Waals surface area contributed by atoms with Crippen molar-refractivity contribution in [1.29, 1.82) is 0 Å². The van der Waals surface area contributed by atoms with Gasteiger partial charge in [-0.25, -0.2) is 4.98 Å². The number of hydrogen-bond acceptors (Lipinski definition) is 6. The zero-order valence-electron chi connectivity index (χ0n) is 14.9. The van der Waals surface area contributed by atoms with E-state index in [2.05, 4.69) is 67.8 Å². The lowest BCUT2D eigenvalue weighted by Gasteiger charge is -2.16. The fourth-order valence-corrected chi connectivity index (χ4v) is 2.63. The second kappa shape index (κ2) is 9.70. The summed E-state index contributed by atoms with van der Waals surface area (Å²) in [4.78, 5) is 8.83. The van der Waals surface area contributed by atoms with E-state index in [1.807, 2.05) is 13.0 Å². The van der Waals surface area contributed by atoms with Gasteiger partial charge in [0.25, 0.3) is 0 Å². The van der Waals surface area contributed by atoms with Gasteiger partial charge in [0.05, 0.1) is 17.1 Å². The van der Waals surface area contributed by atoms with E-state index >= 15 is 0 Å². The molecule has 0 radical (unpaired) electrons. The van der Waals surface area contributed by atoms with E-state index in [0.29, 0.717) is 11.8 Å². The van der Waals surface area contributed by atoms with Crippen molar-refractivity contribution in [3.8, 4) is 0 Å². The minimum absolute atomic E-state index is 0.0369. The predicted octanol–water partition coefficient (Wildman–Crippen LogP) is 3.58. The minimum Gasteiger partial charge on any atom is -0.394 e. The summed E-state index contributed by atoms with van der Waals surface area (Å²) in [5.41, 5.74) is 3.44. The molecule has 0 amide bonds. The molecular weight excluding hydrogens is 382 g/mol. The van der Waals surface area contributed by atoms with Crippen LogP contribution in [0, 0.1) is 6.92 Å². The first-order chi connectivity index (χ1) is 12.1. The molecule has 4 N–H and O–H groups in total. The number of aliphatic hydroxyl groups is 1. The molecule has 7 heteroatoms. The average molecular weight is 408 g/mol. The van der Waals surface area contributed by atoms with Gasteiger partial charge in [-0.1, -0.05) is 19.9 Å². The Kier molecular flexibility index (Phi) is 7.61. The molecule has 1 unspecified atom stereocenters. The maximum absolute atomic E-state index is 9.37. The third kappa shape index (κ3) is 5.66. The lowest BCUT2D eigenvalue weighted by Crippen LogP contribution is -2.23. The summed E-state index contributed by atoms with van der Waals surface area (Å²) in [7, 11) is 0. The first-order valence-corrected chi connectivity index (χ1v) is 9.33. The van der Waals surface area contributed by atoms with Crippen LogP contribution in [0.1, 0.15) is 31.4 Å². The number of anilines is 3. The molecule has 1 heterocycles. The van der Waals surface area contributed by atoms with Crippen LogP contribution in [0.5, 0.6) is 0 Å². The maximum atomic E-state index is 9.37. The van der Waals surface area contributed by atoms with Crippen LogP contribution in [-0.2, 0) is 6.54 Å². The molecule has 0 spiro atoms. The van der Waals surface area contributed by atoms with Crippen molar-refractivity contribution in [2.75, 3.05) is 23.8 Å². The second-order valence-corrected chi connectivity index (χ2v) is 6.72. The predicted molar refractivity (Wildman–Crippen MR) is 106 cm³/mol. The van der Waals surface area contributed by atoms with Crippen LogP contribution in [0.15, 0.2) is 28.9 Å². The number of rotatable bonds is 9. The Hall–Kier alpha value is -1.70. The molecule has 2 aromatic rings. The van der Waals surface area contributed by atoms with Crippen LogP contribution in [0.4, 0.5) is 17.5 Å². The third-order valence-electron chi connectivity index (χ3n) is 3.97. The van der Waals surface area contributed by atoms with Gasteiger partial charge in [-0.15, -0.1) is 0 Å². The molecule has 0 aliphatic rings. The molecule has 136 valence electrons. The average Bonchev–Trinajstić information content (AvgIpc) is 2.62. The standard InChI is InChI=1S/C18H26BrN5O/c1-4-14(11-25)22-17-16(19)10-21-18(24-17)23-15-7-6-12(3)13(8-15)9-20-5-2/h6-8,10,14,20,25H,4-5,9,11H2,1-3H3,(H2,21,22,23,24). The molecule has 1 aromatic heterocycles. The number of aromatic nitrogens is 2. The van der Waals surface area contributed by atoms with E-state index < -0.39 is 0 Å². The molecule has 0 fully saturated rings. The van der Waals surface area contributed by atoms with E-state index in [0.717, 1.165) is 29.7 Å². The third-order valence-corrected chi connectivity index (χ3v) is 4.55. The number of hydrogen-bond donors (Lipinski definition) is 4. The summed E-state index contributed by atoms with van der Waals surface area (Å²) in [6, 6.07) is 6.18. The topological polar surface area (TPSA) is 82.1 Å². The van der Waals surface area contributed by atoms with E-state index in [9.17, 15) is 5.11 Å². The van der Waals surface area contributed by atoms with Gasteiger partial charge in [0.1, 0.15) is 5.82 Å². The molecular formula is C18H26BrN5O. The van der Waals surface area contributed by atoms with Gasteiger partial charge in [0.15, 0.2) is 0 Å². The van der Waals surface area contributed by atoms with Gasteiger partial charge in [0.2, 0.25) is 5.95 Å². The molecule has 1 aromatic carbocycles. The Morgan fingerprint density at radius 2 is 2.08 bits per heavy atom. The Bertz CT molecular complexity index is 691. The molecule has 0 bridgehead atoms. The quantitative estimate of drug-likeness (QED) is 0.508. The van der Waals surface area contributed by atoms with Gasteiger partial charge in [-0.3, -0.25) is 0 Å². The van der Waals surface area contributed by atoms with Crippen LogP contribution in [-0.4, -0.2) is 34.3 Å². The fourth-order valence-electron chi connectivity index (χ4n) is 2.33. The molecule has 2 rings (SSSR count). The Morgan fingerprint density at radius 1 is 1.28 bits per heavy atom. The van der Waals surface area contributed by atoms with Crippen molar-refractivity contribution in [2.24, 2.45) is 0 Å². The molecule has 0 saturated heterocycles. The number of nitrogens with zero attached hydrogens (tertiary/aromatic N) is 2. The van der Waals surface area contributed by atoms with Crippen molar-refractivity contribution in [2.45, 2.75) is 39.8 Å². The van der Waals surface area contributed by atoms with Gasteiger partial charge < -0.3 is 21.1 Å². The molecule has 25 heavy (non-hydrogen) atoms. The Labute approximate surface area is 157 Å². The molecule has 0 saturated carbocycles. The highest BCUT2D eigenvalue weighted by Gasteiger charge is 2.10. The zero-order chi connectivity index (χ0) is 18.2. The number of halogens is 1. The second-order valence-electron chi connectivity index (χ2n) is 5.87. The normalized spacial score (nSPS) is 12.0. The minimum atomic E-state index is -0.0369. The highest BCUT2D eigenvalue weighted by molar-refractivity contribution is 9.10. The number of nitrogens with one attached hydrogen (secondary N) is 3. The Balaban J connectivity index is 2.17. The number of aliphatic hydroxyl groups excluding tert-OH is 1. The lowest BCUT2D eigenvalue weighted by atomic mass is 10.1. The van der Waals surface area contributed by atoms with Crippen LogP contribution in [0.2, 0.25) is 0 Å². The smallest absolute Gasteiger partial charge is 0.229 e. The summed E-state index contributed by atoms with van der Waals surface area (Å²) < 4.78 is 0.765. The summed E-state index contributed by atoms with van der Waals surface area (Å²) in [6.07, 6.45) is 2.51. The molecule has 1 atom stereocenters. The van der Waals surface area contributed by atoms with Crippen molar-refractivity contribution in [3.63, 3.8) is 0 Å². The van der Waals surface area contributed by atoms with Crippen LogP contribution in [0.3, 0.4) is 0 Å². The van der Waals surface area contributed by atoms with Gasteiger partial charge in [-0.05, 0) is 59.1 Å². The highest BCUT2D eigenvalue weighted by Crippen LogP contribution is 2.24. The van der Waals surface area contributed by atoms with Crippen molar-refractivity contribution in [3.05, 3.63) is 40.0 Å². The van der Waals surface area contributed by atoms with Crippen molar-refractivity contribution >= 4 is 33.4 Å². The van der Waals surface area contributed by atoms with Crippen LogP contribution in [0.25, 0.3) is 0 Å². The number of benzene rings is 1. The Morgan fingerprint density at radius 3 is 2.76 bits per heavy atom. The lowest BCUT2D eigenvalue weighted by molar-refractivity contribution is 0.271. The monoisotopic (exact) mass is 407 g/mol. The molecule has 0 aliphatic heterocycles. The fraction of sp³-hybridized carbons (Fsp3) is 0.444. The summed E-state index contributed by atoms with van der Waals surface area (Å²) in [5, 5.41) is 19.2. The van der Waals surface area contributed by atoms with E-state index in [4.69, 9.17) is 0 Å². The summed E-state index contributed by atoms with van der Waals surface area (Å²) in [6.45, 7) is 8.04. The van der Waals surface area contributed by atoms with E-state index in [1.165, 1.54) is 11.1 Å². The van der Waals surface area contributed by atoms with Crippen molar-refractivity contribution in [1.82, 2.24) is 15.3 Å². The largest absolute Gasteiger partial charge is 0.394 e.